The van der Waals surface area contributed by atoms with Crippen molar-refractivity contribution < 1.29 is 27.4 Å². The molecule has 1 atom stereocenters. The molecule has 37 heavy (non-hydrogen) atoms. The van der Waals surface area contributed by atoms with Crippen molar-refractivity contribution in [2.24, 2.45) is 4.99 Å². The van der Waals surface area contributed by atoms with Gasteiger partial charge in [-0.25, -0.2) is 9.79 Å². The minimum atomic E-state index is -4.97. The Hall–Kier alpha value is -3.37. The summed E-state index contributed by atoms with van der Waals surface area (Å²) in [5, 5.41) is 0.343. The summed E-state index contributed by atoms with van der Waals surface area (Å²) in [4.78, 5) is 30.1. The predicted molar refractivity (Wildman–Crippen MR) is 134 cm³/mol. The zero-order valence-corrected chi connectivity index (χ0v) is 21.6. The average Bonchev–Trinajstić information content (AvgIpc) is 3.14. The molecular formula is C26H22ClF3N2O4S. The van der Waals surface area contributed by atoms with Crippen molar-refractivity contribution in [1.29, 1.82) is 0 Å². The third-order valence-electron chi connectivity index (χ3n) is 5.35. The lowest BCUT2D eigenvalue weighted by Crippen LogP contribution is -2.41. The molecule has 1 aromatic heterocycles. The van der Waals surface area contributed by atoms with Crippen LogP contribution in [0.3, 0.4) is 0 Å². The van der Waals surface area contributed by atoms with Gasteiger partial charge in [-0.05, 0) is 50.6 Å². The number of fused-ring (bicyclic) bond motifs is 1. The lowest BCUT2D eigenvalue weighted by atomic mass is 9.95. The topological polar surface area (TPSA) is 69.9 Å². The molecule has 0 saturated heterocycles. The summed E-state index contributed by atoms with van der Waals surface area (Å²) < 4.78 is 54.5. The van der Waals surface area contributed by atoms with Crippen molar-refractivity contribution in [3.8, 4) is 5.75 Å². The van der Waals surface area contributed by atoms with Crippen LogP contribution in [0.1, 0.15) is 37.9 Å². The van der Waals surface area contributed by atoms with Gasteiger partial charge < -0.3 is 9.47 Å². The third-order valence-corrected chi connectivity index (χ3v) is 6.58. The van der Waals surface area contributed by atoms with E-state index in [9.17, 15) is 22.8 Å². The maximum Gasteiger partial charge on any atom is 0.434 e. The highest BCUT2D eigenvalue weighted by Crippen LogP contribution is 2.38. The maximum atomic E-state index is 14.2. The van der Waals surface area contributed by atoms with E-state index in [-0.39, 0.29) is 27.6 Å². The number of carbonyl (C=O) groups is 1. The Morgan fingerprint density at radius 1 is 1.19 bits per heavy atom. The Balaban J connectivity index is 2.03. The second kappa shape index (κ2) is 10.5. The smallest absolute Gasteiger partial charge is 0.434 e. The molecule has 0 saturated carbocycles. The highest BCUT2D eigenvalue weighted by atomic mass is 35.5. The van der Waals surface area contributed by atoms with E-state index in [0.29, 0.717) is 16.3 Å². The van der Waals surface area contributed by atoms with Gasteiger partial charge in [-0.1, -0.05) is 53.3 Å². The van der Waals surface area contributed by atoms with Gasteiger partial charge in [-0.3, -0.25) is 9.36 Å². The summed E-state index contributed by atoms with van der Waals surface area (Å²) in [6, 6.07) is 11.5. The number of aromatic nitrogens is 1. The van der Waals surface area contributed by atoms with Crippen molar-refractivity contribution in [2.45, 2.75) is 39.1 Å². The van der Waals surface area contributed by atoms with Gasteiger partial charge in [0.1, 0.15) is 5.75 Å². The summed E-state index contributed by atoms with van der Waals surface area (Å²) in [6.07, 6.45) is -3.57. The highest BCUT2D eigenvalue weighted by molar-refractivity contribution is 7.07. The van der Waals surface area contributed by atoms with Crippen LogP contribution in [0, 0.1) is 0 Å². The number of rotatable bonds is 6. The van der Waals surface area contributed by atoms with E-state index >= 15 is 0 Å². The van der Waals surface area contributed by atoms with E-state index in [4.69, 9.17) is 21.1 Å². The monoisotopic (exact) mass is 550 g/mol. The van der Waals surface area contributed by atoms with Gasteiger partial charge in [0.25, 0.3) is 5.56 Å². The summed E-state index contributed by atoms with van der Waals surface area (Å²) in [6.45, 7) is 5.03. The van der Waals surface area contributed by atoms with Gasteiger partial charge in [0.05, 0.1) is 28.9 Å². The van der Waals surface area contributed by atoms with Crippen molar-refractivity contribution >= 4 is 35.0 Å². The number of esters is 1. The molecule has 2 heterocycles. The second-order valence-corrected chi connectivity index (χ2v) is 9.76. The number of hydrogen-bond acceptors (Lipinski definition) is 6. The van der Waals surface area contributed by atoms with E-state index in [1.807, 2.05) is 13.8 Å². The fraction of sp³-hybridized carbons (Fsp3) is 0.269. The number of halogens is 4. The van der Waals surface area contributed by atoms with Gasteiger partial charge in [-0.15, -0.1) is 0 Å². The molecule has 0 amide bonds. The lowest BCUT2D eigenvalue weighted by molar-refractivity contribution is -0.140. The Morgan fingerprint density at radius 3 is 2.49 bits per heavy atom. The fourth-order valence-corrected chi connectivity index (χ4v) is 5.02. The van der Waals surface area contributed by atoms with Crippen LogP contribution in [0.4, 0.5) is 13.2 Å². The number of benzene rings is 2. The van der Waals surface area contributed by atoms with E-state index in [2.05, 4.69) is 4.99 Å². The van der Waals surface area contributed by atoms with E-state index in [1.165, 1.54) is 31.2 Å². The molecule has 11 heteroatoms. The number of ether oxygens (including phenoxy) is 2. The van der Waals surface area contributed by atoms with Gasteiger partial charge >= 0.3 is 12.1 Å². The normalized spacial score (nSPS) is 16.0. The van der Waals surface area contributed by atoms with E-state index in [0.717, 1.165) is 15.9 Å². The molecule has 0 fully saturated rings. The van der Waals surface area contributed by atoms with Gasteiger partial charge in [0, 0.05) is 10.6 Å². The summed E-state index contributed by atoms with van der Waals surface area (Å²) in [5.74, 6) is -0.690. The Morgan fingerprint density at radius 2 is 1.86 bits per heavy atom. The number of carbonyl (C=O) groups excluding carboxylic acids is 1. The standard InChI is InChI=1S/C26H22ClF3N2O4S/c1-4-35-24(34)20-21(15-9-11-17(27)12-10-15)32-23(33)19(37-25(32)31-22(20)26(28,29)30)13-16-7-5-6-8-18(16)36-14(2)3/h5-14,21H,4H2,1-3H3/b19-13-/t21-/m1/s1. The Kier molecular flexibility index (Phi) is 7.61. The zero-order chi connectivity index (χ0) is 26.9. The molecule has 0 bridgehead atoms. The summed E-state index contributed by atoms with van der Waals surface area (Å²) in [7, 11) is 0. The van der Waals surface area contributed by atoms with Crippen molar-refractivity contribution in [3.05, 3.63) is 95.6 Å². The number of hydrogen-bond donors (Lipinski definition) is 0. The van der Waals surface area contributed by atoms with Crippen LogP contribution in [0.15, 0.2) is 69.6 Å². The molecule has 0 unspecified atom stereocenters. The molecule has 4 rings (SSSR count). The Labute approximate surface area is 218 Å². The number of alkyl halides is 3. The summed E-state index contributed by atoms with van der Waals surface area (Å²) in [5.41, 5.74) is -1.95. The van der Waals surface area contributed by atoms with Crippen molar-refractivity contribution in [3.63, 3.8) is 0 Å². The van der Waals surface area contributed by atoms with Crippen molar-refractivity contribution in [1.82, 2.24) is 4.57 Å². The largest absolute Gasteiger partial charge is 0.490 e. The average molecular weight is 551 g/mol. The molecule has 0 aliphatic carbocycles. The molecular weight excluding hydrogens is 529 g/mol. The Bertz CT molecular complexity index is 1540. The molecule has 2 aromatic carbocycles. The van der Waals surface area contributed by atoms with E-state index in [1.54, 1.807) is 30.3 Å². The number of thiazole rings is 1. The fourth-order valence-electron chi connectivity index (χ4n) is 3.90. The second-order valence-electron chi connectivity index (χ2n) is 8.32. The molecule has 1 aliphatic heterocycles. The maximum absolute atomic E-state index is 14.2. The number of allylic oxidation sites excluding steroid dienone is 1. The molecule has 194 valence electrons. The van der Waals surface area contributed by atoms with Crippen LogP contribution in [-0.2, 0) is 9.53 Å². The van der Waals surface area contributed by atoms with Crippen LogP contribution in [0.2, 0.25) is 5.02 Å². The number of para-hydroxylation sites is 1. The molecule has 3 aromatic rings. The zero-order valence-electron chi connectivity index (χ0n) is 20.0. The van der Waals surface area contributed by atoms with Gasteiger partial charge in [0.15, 0.2) is 10.5 Å². The van der Waals surface area contributed by atoms with Crippen molar-refractivity contribution in [2.75, 3.05) is 6.61 Å². The van der Waals surface area contributed by atoms with Crippen LogP contribution in [0.25, 0.3) is 6.08 Å². The molecule has 0 radical (unpaired) electrons. The van der Waals surface area contributed by atoms with Gasteiger partial charge in [-0.2, -0.15) is 13.2 Å². The first-order chi connectivity index (χ1) is 17.5. The number of nitrogens with zero attached hydrogens (tertiary/aromatic N) is 2. The predicted octanol–water partition coefficient (Wildman–Crippen LogP) is 4.78. The quantitative estimate of drug-likeness (QED) is 0.414. The van der Waals surface area contributed by atoms with Gasteiger partial charge in [0.2, 0.25) is 0 Å². The lowest BCUT2D eigenvalue weighted by Gasteiger charge is -2.26. The van der Waals surface area contributed by atoms with E-state index < -0.39 is 35.0 Å². The minimum Gasteiger partial charge on any atom is -0.490 e. The molecule has 0 N–H and O–H groups in total. The molecule has 1 aliphatic rings. The first-order valence-corrected chi connectivity index (χ1v) is 12.5. The highest BCUT2D eigenvalue weighted by Gasteiger charge is 2.45. The molecule has 0 spiro atoms. The van der Waals surface area contributed by atoms with Crippen LogP contribution >= 0.6 is 22.9 Å². The molecule has 6 nitrogen and oxygen atoms in total. The minimum absolute atomic E-state index is 0.129. The first-order valence-electron chi connectivity index (χ1n) is 11.3. The SMILES string of the molecule is CCOC(=O)C1=C(C(F)(F)F)N=c2s/c(=C\c3ccccc3OC(C)C)c(=O)n2[C@@H]1c1ccc(Cl)cc1. The van der Waals surface area contributed by atoms with Crippen LogP contribution in [0.5, 0.6) is 5.75 Å². The third kappa shape index (κ3) is 5.50. The van der Waals surface area contributed by atoms with Crippen LogP contribution in [-0.4, -0.2) is 29.4 Å². The summed E-state index contributed by atoms with van der Waals surface area (Å²) >= 11 is 6.78. The first kappa shape index (κ1) is 26.7. The van der Waals surface area contributed by atoms with Crippen LogP contribution < -0.4 is 19.6 Å².